The third-order valence-electron chi connectivity index (χ3n) is 1.89. The molecule has 1 rings (SSSR count). The summed E-state index contributed by atoms with van der Waals surface area (Å²) in [5, 5.41) is 10.5. The topological polar surface area (TPSA) is 86.5 Å². The fourth-order valence-corrected chi connectivity index (χ4v) is 1.64. The molecule has 0 aliphatic carbocycles. The molecule has 0 spiro atoms. The van der Waals surface area contributed by atoms with Crippen molar-refractivity contribution in [1.82, 2.24) is 0 Å². The predicted molar refractivity (Wildman–Crippen MR) is 53.4 cm³/mol. The fourth-order valence-electron chi connectivity index (χ4n) is 1.11. The first-order chi connectivity index (χ1) is 8.45. The summed E-state index contributed by atoms with van der Waals surface area (Å²) in [6.45, 7) is 0.970. The number of benzene rings is 1. The lowest BCUT2D eigenvalue weighted by Crippen LogP contribution is -2.28. The second-order valence-electron chi connectivity index (χ2n) is 3.31. The van der Waals surface area contributed by atoms with Gasteiger partial charge in [0.25, 0.3) is 0 Å². The number of nitro benzene ring substituents is 1. The molecule has 0 aliphatic rings. The Bertz CT molecular complexity index is 625. The summed E-state index contributed by atoms with van der Waals surface area (Å²) in [7, 11) is -6.07. The van der Waals surface area contributed by atoms with Crippen molar-refractivity contribution in [2.75, 3.05) is 0 Å². The Hall–Kier alpha value is -1.91. The summed E-state index contributed by atoms with van der Waals surface area (Å²) in [4.78, 5) is 9.29. The zero-order chi connectivity index (χ0) is 15.0. The molecule has 19 heavy (non-hydrogen) atoms. The number of hydrogen-bond acceptors (Lipinski definition) is 5. The highest BCUT2D eigenvalue weighted by molar-refractivity contribution is 7.88. The van der Waals surface area contributed by atoms with Crippen LogP contribution in [0.4, 0.5) is 23.2 Å². The Labute approximate surface area is 103 Å². The molecule has 0 saturated carbocycles. The van der Waals surface area contributed by atoms with E-state index in [1.54, 1.807) is 0 Å². The van der Waals surface area contributed by atoms with Gasteiger partial charge >= 0.3 is 21.3 Å². The Morgan fingerprint density at radius 1 is 1.32 bits per heavy atom. The van der Waals surface area contributed by atoms with Gasteiger partial charge in [-0.3, -0.25) is 10.1 Å². The average Bonchev–Trinajstić information content (AvgIpc) is 2.19. The molecule has 0 aliphatic heterocycles. The van der Waals surface area contributed by atoms with Gasteiger partial charge in [-0.2, -0.15) is 21.6 Å². The molecule has 0 heterocycles. The van der Waals surface area contributed by atoms with Crippen molar-refractivity contribution in [2.45, 2.75) is 12.4 Å². The van der Waals surface area contributed by atoms with Crippen LogP contribution in [0.25, 0.3) is 0 Å². The van der Waals surface area contributed by atoms with E-state index >= 15 is 0 Å². The maximum absolute atomic E-state index is 12.9. The standard InChI is InChI=1S/C8H5F4NO5S/c1-4-2-5(9)3-6(13(14)15)7(4)18-19(16,17)8(10,11)12/h2-3H,1H3. The van der Waals surface area contributed by atoms with Gasteiger partial charge in [0.2, 0.25) is 5.75 Å². The van der Waals surface area contributed by atoms with Crippen molar-refractivity contribution in [2.24, 2.45) is 0 Å². The minimum absolute atomic E-state index is 0.258. The SMILES string of the molecule is Cc1cc(F)cc([N+](=O)[O-])c1OS(=O)(=O)C(F)(F)F. The number of rotatable bonds is 3. The van der Waals surface area contributed by atoms with Crippen molar-refractivity contribution in [3.63, 3.8) is 0 Å². The second-order valence-corrected chi connectivity index (χ2v) is 4.85. The van der Waals surface area contributed by atoms with Gasteiger partial charge in [0, 0.05) is 5.56 Å². The van der Waals surface area contributed by atoms with Gasteiger partial charge in [-0.15, -0.1) is 0 Å². The Morgan fingerprint density at radius 2 is 1.84 bits per heavy atom. The van der Waals surface area contributed by atoms with Crippen LogP contribution in [0.2, 0.25) is 0 Å². The molecule has 6 nitrogen and oxygen atoms in total. The lowest BCUT2D eigenvalue weighted by molar-refractivity contribution is -0.385. The van der Waals surface area contributed by atoms with Gasteiger partial charge in [0.05, 0.1) is 11.0 Å². The van der Waals surface area contributed by atoms with Crippen molar-refractivity contribution in [3.8, 4) is 5.75 Å². The molecule has 0 bridgehead atoms. The van der Waals surface area contributed by atoms with Crippen LogP contribution in [0, 0.1) is 22.9 Å². The largest absolute Gasteiger partial charge is 0.534 e. The van der Waals surface area contributed by atoms with Gasteiger partial charge in [0.15, 0.2) is 0 Å². The first-order valence-corrected chi connectivity index (χ1v) is 5.82. The minimum atomic E-state index is -6.07. The Kier molecular flexibility index (Phi) is 3.70. The molecule has 11 heteroatoms. The molecule has 0 fully saturated rings. The molecule has 0 radical (unpaired) electrons. The van der Waals surface area contributed by atoms with Crippen molar-refractivity contribution in [3.05, 3.63) is 33.6 Å². The zero-order valence-electron chi connectivity index (χ0n) is 9.06. The van der Waals surface area contributed by atoms with E-state index in [0.29, 0.717) is 6.07 Å². The normalized spacial score (nSPS) is 12.3. The van der Waals surface area contributed by atoms with E-state index in [-0.39, 0.29) is 6.07 Å². The molecule has 0 unspecified atom stereocenters. The first kappa shape index (κ1) is 15.1. The molecule has 0 saturated heterocycles. The lowest BCUT2D eigenvalue weighted by Gasteiger charge is -2.11. The van der Waals surface area contributed by atoms with Crippen LogP contribution in [0.1, 0.15) is 5.56 Å². The first-order valence-electron chi connectivity index (χ1n) is 4.41. The maximum atomic E-state index is 12.9. The summed E-state index contributed by atoms with van der Waals surface area (Å²) in [5.74, 6) is -2.29. The monoisotopic (exact) mass is 303 g/mol. The Balaban J connectivity index is 3.41. The average molecular weight is 303 g/mol. The summed E-state index contributed by atoms with van der Waals surface area (Å²) >= 11 is 0. The van der Waals surface area contributed by atoms with Crippen LogP contribution >= 0.6 is 0 Å². The summed E-state index contributed by atoms with van der Waals surface area (Å²) < 4.78 is 74.4. The van der Waals surface area contributed by atoms with Gasteiger partial charge in [-0.25, -0.2) is 4.39 Å². The van der Waals surface area contributed by atoms with Crippen LogP contribution in [-0.2, 0) is 10.1 Å². The maximum Gasteiger partial charge on any atom is 0.534 e. The summed E-state index contributed by atoms with van der Waals surface area (Å²) in [6.07, 6.45) is 0. The number of nitrogens with zero attached hydrogens (tertiary/aromatic N) is 1. The van der Waals surface area contributed by atoms with E-state index in [2.05, 4.69) is 4.18 Å². The van der Waals surface area contributed by atoms with E-state index in [0.717, 1.165) is 6.92 Å². The molecular weight excluding hydrogens is 298 g/mol. The quantitative estimate of drug-likeness (QED) is 0.281. The molecule has 106 valence electrons. The zero-order valence-corrected chi connectivity index (χ0v) is 9.88. The van der Waals surface area contributed by atoms with Crippen molar-refractivity contribution < 1.29 is 35.1 Å². The molecule has 0 amide bonds. The highest BCUT2D eigenvalue weighted by Gasteiger charge is 2.49. The summed E-state index contributed by atoms with van der Waals surface area (Å²) in [5.41, 5.74) is -7.42. The van der Waals surface area contributed by atoms with Crippen LogP contribution in [0.3, 0.4) is 0 Å². The second kappa shape index (κ2) is 4.64. The van der Waals surface area contributed by atoms with Gasteiger partial charge < -0.3 is 4.18 Å². The van der Waals surface area contributed by atoms with E-state index < -0.39 is 43.4 Å². The van der Waals surface area contributed by atoms with Crippen molar-refractivity contribution >= 4 is 15.8 Å². The van der Waals surface area contributed by atoms with Crippen molar-refractivity contribution in [1.29, 1.82) is 0 Å². The van der Waals surface area contributed by atoms with Crippen LogP contribution in [0.15, 0.2) is 12.1 Å². The highest BCUT2D eigenvalue weighted by atomic mass is 32.2. The predicted octanol–water partition coefficient (Wildman–Crippen LogP) is 2.27. The molecule has 1 aromatic carbocycles. The van der Waals surface area contributed by atoms with E-state index in [4.69, 9.17) is 0 Å². The molecular formula is C8H5F4NO5S. The van der Waals surface area contributed by atoms with E-state index in [1.165, 1.54) is 0 Å². The molecule has 0 atom stereocenters. The molecule has 0 N–H and O–H groups in total. The van der Waals surface area contributed by atoms with E-state index in [9.17, 15) is 36.1 Å². The fraction of sp³-hybridized carbons (Fsp3) is 0.250. The summed E-state index contributed by atoms with van der Waals surface area (Å²) in [6, 6.07) is 0.864. The third kappa shape index (κ3) is 3.10. The van der Waals surface area contributed by atoms with Crippen LogP contribution < -0.4 is 4.18 Å². The number of alkyl halides is 3. The lowest BCUT2D eigenvalue weighted by atomic mass is 10.2. The van der Waals surface area contributed by atoms with Crippen LogP contribution in [0.5, 0.6) is 5.75 Å². The Morgan fingerprint density at radius 3 is 2.26 bits per heavy atom. The number of hydrogen-bond donors (Lipinski definition) is 0. The van der Waals surface area contributed by atoms with Gasteiger partial charge in [-0.05, 0) is 13.0 Å². The smallest absolute Gasteiger partial charge is 0.368 e. The molecule has 1 aromatic rings. The molecule has 0 aromatic heterocycles. The van der Waals surface area contributed by atoms with Crippen LogP contribution in [-0.4, -0.2) is 18.8 Å². The minimum Gasteiger partial charge on any atom is -0.368 e. The van der Waals surface area contributed by atoms with Gasteiger partial charge in [-0.1, -0.05) is 0 Å². The third-order valence-corrected chi connectivity index (χ3v) is 2.85. The number of nitro groups is 1. The number of aryl methyl sites for hydroxylation is 1. The highest BCUT2D eigenvalue weighted by Crippen LogP contribution is 2.36. The van der Waals surface area contributed by atoms with Gasteiger partial charge in [0.1, 0.15) is 5.82 Å². The number of halogens is 4. The van der Waals surface area contributed by atoms with E-state index in [1.807, 2.05) is 0 Å².